The number of hydrogen-bond donors (Lipinski definition) is 2. The van der Waals surface area contributed by atoms with E-state index >= 15 is 0 Å². The second kappa shape index (κ2) is 8.25. The van der Waals surface area contributed by atoms with Crippen molar-refractivity contribution in [3.63, 3.8) is 0 Å². The normalized spacial score (nSPS) is 19.5. The van der Waals surface area contributed by atoms with Crippen LogP contribution < -0.4 is 15.8 Å². The van der Waals surface area contributed by atoms with E-state index in [4.69, 9.17) is 10.5 Å². The highest BCUT2D eigenvalue weighted by atomic mass is 35.5. The van der Waals surface area contributed by atoms with Gasteiger partial charge in [0.1, 0.15) is 5.75 Å². The monoisotopic (exact) mass is 312 g/mol. The van der Waals surface area contributed by atoms with Crippen LogP contribution in [0.1, 0.15) is 38.2 Å². The molecule has 0 spiro atoms. The van der Waals surface area contributed by atoms with Gasteiger partial charge in [-0.3, -0.25) is 4.79 Å². The van der Waals surface area contributed by atoms with Crippen LogP contribution in [-0.4, -0.2) is 25.1 Å². The molecule has 3 unspecified atom stereocenters. The van der Waals surface area contributed by atoms with Crippen molar-refractivity contribution in [1.82, 2.24) is 5.32 Å². The molecule has 0 saturated carbocycles. The third kappa shape index (κ3) is 4.35. The Kier molecular flexibility index (Phi) is 6.99. The molecule has 1 aliphatic rings. The lowest BCUT2D eigenvalue weighted by Gasteiger charge is -2.27. The molecule has 0 saturated heterocycles. The number of carbonyl (C=O) groups is 1. The van der Waals surface area contributed by atoms with Crippen LogP contribution in [0.4, 0.5) is 0 Å². The number of fused-ring (bicyclic) bond motifs is 1. The summed E-state index contributed by atoms with van der Waals surface area (Å²) in [4.78, 5) is 12.0. The van der Waals surface area contributed by atoms with Gasteiger partial charge >= 0.3 is 0 Å². The van der Waals surface area contributed by atoms with E-state index in [9.17, 15) is 4.79 Å². The molecule has 3 atom stereocenters. The number of carbonyl (C=O) groups excluding carboxylic acids is 1. The molecule has 21 heavy (non-hydrogen) atoms. The van der Waals surface area contributed by atoms with Gasteiger partial charge in [-0.05, 0) is 24.0 Å². The molecule has 0 aliphatic carbocycles. The number of benzene rings is 1. The number of para-hydroxylation sites is 1. The van der Waals surface area contributed by atoms with Crippen molar-refractivity contribution in [1.29, 1.82) is 0 Å². The Hall–Kier alpha value is -1.26. The Labute approximate surface area is 132 Å². The van der Waals surface area contributed by atoms with Gasteiger partial charge in [-0.1, -0.05) is 38.5 Å². The number of amides is 1. The number of nitrogens with one attached hydrogen (secondary N) is 1. The fourth-order valence-corrected chi connectivity index (χ4v) is 2.48. The first-order valence-corrected chi connectivity index (χ1v) is 7.38. The van der Waals surface area contributed by atoms with Gasteiger partial charge in [0, 0.05) is 12.5 Å². The van der Waals surface area contributed by atoms with Crippen molar-refractivity contribution in [2.24, 2.45) is 11.7 Å². The second-order valence-electron chi connectivity index (χ2n) is 5.53. The summed E-state index contributed by atoms with van der Waals surface area (Å²) in [5, 5.41) is 2.99. The van der Waals surface area contributed by atoms with Crippen molar-refractivity contribution in [2.75, 3.05) is 13.2 Å². The summed E-state index contributed by atoms with van der Waals surface area (Å²) in [6.07, 6.45) is 1.84. The first-order chi connectivity index (χ1) is 9.63. The molecule has 1 heterocycles. The van der Waals surface area contributed by atoms with E-state index in [1.165, 1.54) is 5.56 Å². The molecule has 0 radical (unpaired) electrons. The third-order valence-electron chi connectivity index (χ3n) is 4.17. The zero-order valence-electron chi connectivity index (χ0n) is 12.7. The highest BCUT2D eigenvalue weighted by Gasteiger charge is 2.24. The fraction of sp³-hybridized carbons (Fsp3) is 0.562. The molecule has 1 aromatic rings. The maximum atomic E-state index is 12.0. The number of ether oxygens (including phenoxy) is 1. The van der Waals surface area contributed by atoms with Gasteiger partial charge in [-0.15, -0.1) is 12.4 Å². The van der Waals surface area contributed by atoms with E-state index in [2.05, 4.69) is 11.4 Å². The number of halogens is 1. The predicted octanol–water partition coefficient (Wildman–Crippen LogP) is 2.46. The first kappa shape index (κ1) is 17.8. The third-order valence-corrected chi connectivity index (χ3v) is 4.17. The number of nitrogens with two attached hydrogens (primary N) is 1. The van der Waals surface area contributed by atoms with Gasteiger partial charge in [0.2, 0.25) is 5.91 Å². The van der Waals surface area contributed by atoms with Crippen molar-refractivity contribution in [3.8, 4) is 5.75 Å². The number of hydrogen-bond acceptors (Lipinski definition) is 3. The SMILES string of the molecule is CCC(C)C(N)C(=O)NCC1CCOc2ccccc21.Cl. The highest BCUT2D eigenvalue weighted by molar-refractivity contribution is 5.85. The van der Waals surface area contributed by atoms with Crippen molar-refractivity contribution >= 4 is 18.3 Å². The van der Waals surface area contributed by atoms with E-state index in [1.807, 2.05) is 32.0 Å². The predicted molar refractivity (Wildman–Crippen MR) is 87.0 cm³/mol. The van der Waals surface area contributed by atoms with Crippen LogP contribution in [-0.2, 0) is 4.79 Å². The minimum Gasteiger partial charge on any atom is -0.493 e. The summed E-state index contributed by atoms with van der Waals surface area (Å²) < 4.78 is 5.63. The maximum Gasteiger partial charge on any atom is 0.237 e. The Morgan fingerprint density at radius 1 is 1.48 bits per heavy atom. The molecule has 3 N–H and O–H groups in total. The summed E-state index contributed by atoms with van der Waals surface area (Å²) in [6, 6.07) is 7.61. The topological polar surface area (TPSA) is 64.4 Å². The minimum absolute atomic E-state index is 0. The van der Waals surface area contributed by atoms with Gasteiger partial charge in [-0.2, -0.15) is 0 Å². The average molecular weight is 313 g/mol. The Morgan fingerprint density at radius 3 is 2.90 bits per heavy atom. The lowest BCUT2D eigenvalue weighted by molar-refractivity contribution is -0.123. The van der Waals surface area contributed by atoms with Crippen LogP contribution in [0, 0.1) is 5.92 Å². The van der Waals surface area contributed by atoms with Gasteiger partial charge in [0.05, 0.1) is 12.6 Å². The number of rotatable bonds is 5. The summed E-state index contributed by atoms with van der Waals surface area (Å²) in [5.74, 6) is 1.40. The van der Waals surface area contributed by atoms with Crippen LogP contribution in [0.3, 0.4) is 0 Å². The van der Waals surface area contributed by atoms with Crippen LogP contribution in [0.2, 0.25) is 0 Å². The van der Waals surface area contributed by atoms with Gasteiger partial charge < -0.3 is 15.8 Å². The largest absolute Gasteiger partial charge is 0.493 e. The van der Waals surface area contributed by atoms with Gasteiger partial charge in [-0.25, -0.2) is 0 Å². The van der Waals surface area contributed by atoms with Crippen LogP contribution in [0.5, 0.6) is 5.75 Å². The highest BCUT2D eigenvalue weighted by Crippen LogP contribution is 2.32. The quantitative estimate of drug-likeness (QED) is 0.878. The first-order valence-electron chi connectivity index (χ1n) is 7.38. The van der Waals surface area contributed by atoms with Crippen LogP contribution in [0.25, 0.3) is 0 Å². The second-order valence-corrected chi connectivity index (χ2v) is 5.53. The Bertz CT molecular complexity index is 467. The molecule has 1 aliphatic heterocycles. The molecule has 1 aromatic carbocycles. The average Bonchev–Trinajstić information content (AvgIpc) is 2.50. The molecule has 0 fully saturated rings. The van der Waals surface area contributed by atoms with Gasteiger partial charge in [0.25, 0.3) is 0 Å². The molecule has 5 heteroatoms. The smallest absolute Gasteiger partial charge is 0.237 e. The molecule has 118 valence electrons. The zero-order valence-corrected chi connectivity index (χ0v) is 13.5. The molecular formula is C16H25ClN2O2. The minimum atomic E-state index is -0.421. The van der Waals surface area contributed by atoms with Crippen molar-refractivity contribution in [2.45, 2.75) is 38.6 Å². The van der Waals surface area contributed by atoms with E-state index in [-0.39, 0.29) is 24.2 Å². The summed E-state index contributed by atoms with van der Waals surface area (Å²) >= 11 is 0. The molecular weight excluding hydrogens is 288 g/mol. The van der Waals surface area contributed by atoms with Crippen LogP contribution in [0.15, 0.2) is 24.3 Å². The Balaban J connectivity index is 0.00000220. The summed E-state index contributed by atoms with van der Waals surface area (Å²) in [7, 11) is 0. The lowest BCUT2D eigenvalue weighted by atomic mass is 9.92. The molecule has 2 rings (SSSR count). The zero-order chi connectivity index (χ0) is 14.5. The van der Waals surface area contributed by atoms with Gasteiger partial charge in [0.15, 0.2) is 0 Å². The van der Waals surface area contributed by atoms with Crippen LogP contribution >= 0.6 is 12.4 Å². The van der Waals surface area contributed by atoms with E-state index in [0.717, 1.165) is 18.6 Å². The summed E-state index contributed by atoms with van der Waals surface area (Å²) in [6.45, 7) is 5.39. The maximum absolute atomic E-state index is 12.0. The van der Waals surface area contributed by atoms with E-state index in [1.54, 1.807) is 0 Å². The fourth-order valence-electron chi connectivity index (χ4n) is 2.48. The van der Waals surface area contributed by atoms with Crippen molar-refractivity contribution < 1.29 is 9.53 Å². The lowest BCUT2D eigenvalue weighted by Crippen LogP contribution is -2.45. The molecule has 0 bridgehead atoms. The summed E-state index contributed by atoms with van der Waals surface area (Å²) in [5.41, 5.74) is 7.12. The van der Waals surface area contributed by atoms with E-state index < -0.39 is 6.04 Å². The standard InChI is InChI=1S/C16H24N2O2.ClH/c1-3-11(2)15(17)16(19)18-10-12-8-9-20-14-7-5-4-6-13(12)14;/h4-7,11-12,15H,3,8-10,17H2,1-2H3,(H,18,19);1H. The Morgan fingerprint density at radius 2 is 2.19 bits per heavy atom. The van der Waals surface area contributed by atoms with E-state index in [0.29, 0.717) is 19.1 Å². The molecule has 1 amide bonds. The molecule has 0 aromatic heterocycles. The molecule has 4 nitrogen and oxygen atoms in total. The van der Waals surface area contributed by atoms with Crippen molar-refractivity contribution in [3.05, 3.63) is 29.8 Å².